The second kappa shape index (κ2) is 10.8. The first kappa shape index (κ1) is 21.9. The van der Waals surface area contributed by atoms with Gasteiger partial charge >= 0.3 is 17.9 Å². The number of esters is 3. The van der Waals surface area contributed by atoms with E-state index in [1.54, 1.807) is 6.08 Å². The number of ether oxygens (including phenoxy) is 5. The van der Waals surface area contributed by atoms with Gasteiger partial charge < -0.3 is 28.8 Å². The number of hydrogen-bond donors (Lipinski definition) is 1. The Labute approximate surface area is 152 Å². The Morgan fingerprint density at radius 1 is 0.962 bits per heavy atom. The largest absolute Gasteiger partial charge is 0.469 e. The highest BCUT2D eigenvalue weighted by Crippen LogP contribution is 2.29. The molecule has 0 bridgehead atoms. The Morgan fingerprint density at radius 3 is 2.00 bits per heavy atom. The maximum absolute atomic E-state index is 11.5. The highest BCUT2D eigenvalue weighted by molar-refractivity contribution is 5.68. The minimum atomic E-state index is -1.20. The molecule has 1 fully saturated rings. The monoisotopic (exact) mass is 374 g/mol. The molecule has 1 saturated heterocycles. The molecular weight excluding hydrogens is 348 g/mol. The first-order valence-electron chi connectivity index (χ1n) is 8.38. The zero-order valence-electron chi connectivity index (χ0n) is 15.4. The Bertz CT molecular complexity index is 516. The number of rotatable bonds is 8. The van der Waals surface area contributed by atoms with Crippen LogP contribution in [0.5, 0.6) is 0 Å². The van der Waals surface area contributed by atoms with Crippen molar-refractivity contribution in [2.24, 2.45) is 0 Å². The molecule has 0 amide bonds. The standard InChI is InChI=1S/C17H26O9/c1-5-6-7-8-22-17-16(25-12(4)21)15(24-11(3)20)14(23-10(2)19)13(9-18)26-17/h7-8,13-18H,5-6,9H2,1-4H3/t13-,14-,15+,16-,17-/m1/s1. The van der Waals surface area contributed by atoms with E-state index < -0.39 is 55.2 Å². The number of aliphatic hydroxyl groups excluding tert-OH is 1. The van der Waals surface area contributed by atoms with Crippen molar-refractivity contribution in [1.82, 2.24) is 0 Å². The summed E-state index contributed by atoms with van der Waals surface area (Å²) in [5, 5.41) is 9.58. The van der Waals surface area contributed by atoms with Gasteiger partial charge in [-0.3, -0.25) is 14.4 Å². The summed E-state index contributed by atoms with van der Waals surface area (Å²) in [6, 6.07) is 0. The molecule has 0 radical (unpaired) electrons. The lowest BCUT2D eigenvalue weighted by Crippen LogP contribution is -2.62. The van der Waals surface area contributed by atoms with E-state index in [2.05, 4.69) is 0 Å². The fourth-order valence-electron chi connectivity index (χ4n) is 2.48. The van der Waals surface area contributed by atoms with Crippen molar-refractivity contribution in [3.05, 3.63) is 12.3 Å². The number of hydrogen-bond acceptors (Lipinski definition) is 9. The summed E-state index contributed by atoms with van der Waals surface area (Å²) in [5.41, 5.74) is 0. The third-order valence-electron chi connectivity index (χ3n) is 3.44. The molecule has 1 heterocycles. The third-order valence-corrected chi connectivity index (χ3v) is 3.44. The van der Waals surface area contributed by atoms with Gasteiger partial charge in [-0.15, -0.1) is 0 Å². The lowest BCUT2D eigenvalue weighted by molar-refractivity contribution is -0.296. The molecule has 0 aromatic carbocycles. The summed E-state index contributed by atoms with van der Waals surface area (Å²) >= 11 is 0. The van der Waals surface area contributed by atoms with E-state index in [4.69, 9.17) is 23.7 Å². The van der Waals surface area contributed by atoms with Gasteiger partial charge in [0.2, 0.25) is 12.4 Å². The molecule has 1 N–H and O–H groups in total. The van der Waals surface area contributed by atoms with Crippen LogP contribution in [-0.2, 0) is 38.1 Å². The lowest BCUT2D eigenvalue weighted by Gasteiger charge is -2.43. The van der Waals surface area contributed by atoms with Crippen LogP contribution in [0.2, 0.25) is 0 Å². The molecule has 5 atom stereocenters. The molecule has 0 aromatic rings. The summed E-state index contributed by atoms with van der Waals surface area (Å²) in [5.74, 6) is -2.01. The normalized spacial score (nSPS) is 28.4. The zero-order chi connectivity index (χ0) is 19.7. The van der Waals surface area contributed by atoms with E-state index in [9.17, 15) is 19.5 Å². The summed E-state index contributed by atoms with van der Waals surface area (Å²) in [4.78, 5) is 34.4. The second-order valence-corrected chi connectivity index (χ2v) is 5.74. The van der Waals surface area contributed by atoms with E-state index in [1.165, 1.54) is 13.2 Å². The number of carbonyl (C=O) groups is 3. The molecule has 0 saturated carbocycles. The predicted molar refractivity (Wildman–Crippen MR) is 87.5 cm³/mol. The number of allylic oxidation sites excluding steroid dienone is 1. The molecule has 0 unspecified atom stereocenters. The Kier molecular flexibility index (Phi) is 9.08. The van der Waals surface area contributed by atoms with Gasteiger partial charge in [0, 0.05) is 20.8 Å². The van der Waals surface area contributed by atoms with Gasteiger partial charge in [-0.05, 0) is 12.5 Å². The van der Waals surface area contributed by atoms with Crippen molar-refractivity contribution in [2.75, 3.05) is 6.61 Å². The van der Waals surface area contributed by atoms with Crippen LogP contribution in [0.3, 0.4) is 0 Å². The molecule has 1 aliphatic rings. The molecule has 26 heavy (non-hydrogen) atoms. The number of unbranched alkanes of at least 4 members (excludes halogenated alkanes) is 1. The van der Waals surface area contributed by atoms with Crippen LogP contribution in [0.4, 0.5) is 0 Å². The van der Waals surface area contributed by atoms with Crippen LogP contribution < -0.4 is 0 Å². The second-order valence-electron chi connectivity index (χ2n) is 5.74. The fraction of sp³-hybridized carbons (Fsp3) is 0.706. The molecular formula is C17H26O9. The average molecular weight is 374 g/mol. The van der Waals surface area contributed by atoms with Crippen LogP contribution in [0, 0.1) is 0 Å². The van der Waals surface area contributed by atoms with Crippen LogP contribution in [-0.4, -0.2) is 60.3 Å². The van der Waals surface area contributed by atoms with Crippen molar-refractivity contribution in [3.63, 3.8) is 0 Å². The molecule has 0 spiro atoms. The number of aliphatic hydroxyl groups is 1. The lowest BCUT2D eigenvalue weighted by atomic mass is 9.98. The molecule has 9 heteroatoms. The van der Waals surface area contributed by atoms with Gasteiger partial charge in [0.1, 0.15) is 6.10 Å². The van der Waals surface area contributed by atoms with Crippen molar-refractivity contribution in [2.45, 2.75) is 71.2 Å². The highest BCUT2D eigenvalue weighted by Gasteiger charge is 2.52. The Hall–Kier alpha value is -2.13. The van der Waals surface area contributed by atoms with E-state index in [0.717, 1.165) is 26.7 Å². The summed E-state index contributed by atoms with van der Waals surface area (Å²) < 4.78 is 26.6. The third kappa shape index (κ3) is 6.64. The minimum Gasteiger partial charge on any atom is -0.469 e. The Morgan fingerprint density at radius 2 is 1.50 bits per heavy atom. The van der Waals surface area contributed by atoms with Gasteiger partial charge in [0.05, 0.1) is 12.9 Å². The predicted octanol–water partition coefficient (Wildman–Crippen LogP) is 0.829. The quantitative estimate of drug-likeness (QED) is 0.374. The SMILES string of the molecule is CCCC=CO[C@@H]1O[C@H](CO)[C@@H](OC(C)=O)[C@H](OC(C)=O)[C@H]1OC(C)=O. The molecule has 9 nitrogen and oxygen atoms in total. The average Bonchev–Trinajstić information content (AvgIpc) is 2.54. The molecule has 1 rings (SSSR count). The van der Waals surface area contributed by atoms with E-state index in [1.807, 2.05) is 6.92 Å². The van der Waals surface area contributed by atoms with Crippen molar-refractivity contribution >= 4 is 17.9 Å². The van der Waals surface area contributed by atoms with E-state index >= 15 is 0 Å². The van der Waals surface area contributed by atoms with Gasteiger partial charge in [-0.2, -0.15) is 0 Å². The smallest absolute Gasteiger partial charge is 0.303 e. The van der Waals surface area contributed by atoms with Crippen LogP contribution >= 0.6 is 0 Å². The minimum absolute atomic E-state index is 0.527. The first-order valence-corrected chi connectivity index (χ1v) is 8.38. The summed E-state index contributed by atoms with van der Waals surface area (Å²) in [7, 11) is 0. The van der Waals surface area contributed by atoms with Crippen LogP contribution in [0.25, 0.3) is 0 Å². The van der Waals surface area contributed by atoms with Crippen LogP contribution in [0.15, 0.2) is 12.3 Å². The van der Waals surface area contributed by atoms with Crippen molar-refractivity contribution in [3.8, 4) is 0 Å². The molecule has 148 valence electrons. The summed E-state index contributed by atoms with van der Waals surface area (Å²) in [6.45, 7) is 4.96. The van der Waals surface area contributed by atoms with Crippen LogP contribution in [0.1, 0.15) is 40.5 Å². The highest BCUT2D eigenvalue weighted by atomic mass is 16.7. The van der Waals surface area contributed by atoms with Gasteiger partial charge in [0.25, 0.3) is 0 Å². The maximum Gasteiger partial charge on any atom is 0.303 e. The molecule has 0 aliphatic carbocycles. The van der Waals surface area contributed by atoms with E-state index in [-0.39, 0.29) is 0 Å². The van der Waals surface area contributed by atoms with Crippen molar-refractivity contribution in [1.29, 1.82) is 0 Å². The van der Waals surface area contributed by atoms with Gasteiger partial charge in [-0.25, -0.2) is 0 Å². The van der Waals surface area contributed by atoms with Gasteiger partial charge in [0.15, 0.2) is 12.2 Å². The van der Waals surface area contributed by atoms with Gasteiger partial charge in [-0.1, -0.05) is 13.3 Å². The number of carbonyl (C=O) groups excluding carboxylic acids is 3. The molecule has 0 aromatic heterocycles. The fourth-order valence-corrected chi connectivity index (χ4v) is 2.48. The maximum atomic E-state index is 11.5. The van der Waals surface area contributed by atoms with E-state index in [0.29, 0.717) is 0 Å². The summed E-state index contributed by atoms with van der Waals surface area (Å²) in [6.07, 6.45) is -0.923. The first-order chi connectivity index (χ1) is 12.3. The molecule has 1 aliphatic heterocycles. The Balaban J connectivity index is 3.14. The zero-order valence-corrected chi connectivity index (χ0v) is 15.4. The van der Waals surface area contributed by atoms with Crippen molar-refractivity contribution < 1.29 is 43.2 Å². The topological polar surface area (TPSA) is 118 Å².